The van der Waals surface area contributed by atoms with Gasteiger partial charge in [-0.15, -0.1) is 0 Å². The molecule has 2 fully saturated rings. The molecule has 1 aromatic carbocycles. The summed E-state index contributed by atoms with van der Waals surface area (Å²) in [6, 6.07) is 8.22. The van der Waals surface area contributed by atoms with Crippen molar-refractivity contribution in [3.63, 3.8) is 0 Å². The molecule has 2 atom stereocenters. The van der Waals surface area contributed by atoms with Crippen molar-refractivity contribution in [2.75, 3.05) is 19.6 Å². The largest absolute Gasteiger partial charge is 0.441 e. The van der Waals surface area contributed by atoms with Crippen LogP contribution in [0.1, 0.15) is 38.0 Å². The molecule has 0 radical (unpaired) electrons. The Morgan fingerprint density at radius 1 is 1.21 bits per heavy atom. The molecular formula is C19H25N3O2. The lowest BCUT2D eigenvalue weighted by molar-refractivity contribution is -0.129. The van der Waals surface area contributed by atoms with Crippen LogP contribution < -0.4 is 5.32 Å². The highest BCUT2D eigenvalue weighted by Crippen LogP contribution is 2.30. The number of benzene rings is 1. The second kappa shape index (κ2) is 6.93. The Bertz CT molecular complexity index is 676. The molecule has 2 aliphatic heterocycles. The zero-order valence-electron chi connectivity index (χ0n) is 14.0. The van der Waals surface area contributed by atoms with E-state index >= 15 is 0 Å². The minimum absolute atomic E-state index is 0.155. The van der Waals surface area contributed by atoms with Crippen LogP contribution in [0.3, 0.4) is 0 Å². The van der Waals surface area contributed by atoms with E-state index in [4.69, 9.17) is 4.42 Å². The molecule has 0 unspecified atom stereocenters. The van der Waals surface area contributed by atoms with Crippen molar-refractivity contribution >= 4 is 17.0 Å². The van der Waals surface area contributed by atoms with Crippen molar-refractivity contribution in [2.24, 2.45) is 5.92 Å². The average Bonchev–Trinajstić information content (AvgIpc) is 3.04. The molecular weight excluding hydrogens is 302 g/mol. The van der Waals surface area contributed by atoms with Gasteiger partial charge in [-0.2, -0.15) is 0 Å². The number of carbonyl (C=O) groups excluding carboxylic acids is 1. The van der Waals surface area contributed by atoms with Crippen molar-refractivity contribution in [2.45, 2.75) is 44.6 Å². The van der Waals surface area contributed by atoms with Crippen molar-refractivity contribution in [3.05, 3.63) is 30.2 Å². The van der Waals surface area contributed by atoms with E-state index in [-0.39, 0.29) is 11.8 Å². The Morgan fingerprint density at radius 3 is 3.00 bits per heavy atom. The van der Waals surface area contributed by atoms with Gasteiger partial charge in [0.05, 0.1) is 5.92 Å². The molecule has 128 valence electrons. The number of hydrogen-bond acceptors (Lipinski definition) is 4. The molecule has 0 bridgehead atoms. The fourth-order valence-corrected chi connectivity index (χ4v) is 4.21. The number of hydrogen-bond donors (Lipinski definition) is 1. The number of rotatable bonds is 4. The van der Waals surface area contributed by atoms with Gasteiger partial charge in [-0.1, -0.05) is 18.6 Å². The molecule has 1 N–H and O–H groups in total. The van der Waals surface area contributed by atoms with E-state index in [0.29, 0.717) is 24.9 Å². The fraction of sp³-hybridized carbons (Fsp3) is 0.579. The minimum atomic E-state index is 0.155. The van der Waals surface area contributed by atoms with Gasteiger partial charge in [-0.3, -0.25) is 9.69 Å². The van der Waals surface area contributed by atoms with Crippen LogP contribution >= 0.6 is 0 Å². The van der Waals surface area contributed by atoms with E-state index < -0.39 is 0 Å². The van der Waals surface area contributed by atoms with E-state index in [0.717, 1.165) is 37.0 Å². The zero-order chi connectivity index (χ0) is 16.4. The first-order valence-electron chi connectivity index (χ1n) is 9.17. The van der Waals surface area contributed by atoms with Gasteiger partial charge in [0.15, 0.2) is 11.5 Å². The number of oxazole rings is 1. The van der Waals surface area contributed by atoms with Gasteiger partial charge in [0.1, 0.15) is 5.52 Å². The van der Waals surface area contributed by atoms with Gasteiger partial charge >= 0.3 is 0 Å². The van der Waals surface area contributed by atoms with Gasteiger partial charge in [0.25, 0.3) is 0 Å². The molecule has 0 saturated carbocycles. The number of piperidine rings is 2. The smallest absolute Gasteiger partial charge is 0.224 e. The summed E-state index contributed by atoms with van der Waals surface area (Å²) in [4.78, 5) is 19.6. The molecule has 0 aliphatic carbocycles. The number of amides is 1. The first-order chi connectivity index (χ1) is 11.8. The van der Waals surface area contributed by atoms with Crippen LogP contribution in [0.2, 0.25) is 0 Å². The number of nitrogens with one attached hydrogen (secondary N) is 1. The summed E-state index contributed by atoms with van der Waals surface area (Å²) in [6.07, 6.45) is 6.51. The van der Waals surface area contributed by atoms with Gasteiger partial charge in [0, 0.05) is 19.0 Å². The fourth-order valence-electron chi connectivity index (χ4n) is 4.21. The Balaban J connectivity index is 1.32. The minimum Gasteiger partial charge on any atom is -0.441 e. The molecule has 5 heteroatoms. The van der Waals surface area contributed by atoms with Crippen molar-refractivity contribution in [1.29, 1.82) is 0 Å². The lowest BCUT2D eigenvalue weighted by Crippen LogP contribution is -2.52. The third-order valence-corrected chi connectivity index (χ3v) is 5.40. The Labute approximate surface area is 142 Å². The predicted molar refractivity (Wildman–Crippen MR) is 92.7 cm³/mol. The highest BCUT2D eigenvalue weighted by molar-refractivity contribution is 5.79. The summed E-state index contributed by atoms with van der Waals surface area (Å²) in [5.41, 5.74) is 1.69. The molecule has 24 heavy (non-hydrogen) atoms. The maximum absolute atomic E-state index is 12.6. The molecule has 3 heterocycles. The molecule has 1 aromatic heterocycles. The summed E-state index contributed by atoms with van der Waals surface area (Å²) in [5.74, 6) is 1.06. The highest BCUT2D eigenvalue weighted by atomic mass is 16.3. The standard InChI is InChI=1S/C19H25N3O2/c23-19(14-6-5-13-22-12-4-3-8-16(14)22)20-11-10-18-21-15-7-1-2-9-17(15)24-18/h1-2,7,9,14,16H,3-6,8,10-13H2,(H,20,23)/t14-,16-/m1/s1. The molecule has 2 aliphatic rings. The van der Waals surface area contributed by atoms with Crippen LogP contribution in [0.5, 0.6) is 0 Å². The Hall–Kier alpha value is -1.88. The average molecular weight is 327 g/mol. The SMILES string of the molecule is O=C(NCCc1nc2ccccc2o1)[C@@H]1CCCN2CCCC[C@H]12. The first kappa shape index (κ1) is 15.6. The molecule has 4 rings (SSSR count). The molecule has 2 aromatic rings. The van der Waals surface area contributed by atoms with Gasteiger partial charge in [-0.25, -0.2) is 4.98 Å². The Kier molecular flexibility index (Phi) is 4.52. The number of carbonyl (C=O) groups is 1. The van der Waals surface area contributed by atoms with Crippen LogP contribution in [-0.2, 0) is 11.2 Å². The lowest BCUT2D eigenvalue weighted by atomic mass is 9.83. The number of fused-ring (bicyclic) bond motifs is 2. The zero-order valence-corrected chi connectivity index (χ0v) is 14.0. The van der Waals surface area contributed by atoms with Crippen LogP contribution in [-0.4, -0.2) is 41.5 Å². The van der Waals surface area contributed by atoms with E-state index in [2.05, 4.69) is 15.2 Å². The third kappa shape index (κ3) is 3.18. The number of aromatic nitrogens is 1. The second-order valence-corrected chi connectivity index (χ2v) is 6.96. The predicted octanol–water partition coefficient (Wildman–Crippen LogP) is 2.75. The summed E-state index contributed by atoms with van der Waals surface area (Å²) >= 11 is 0. The quantitative estimate of drug-likeness (QED) is 0.938. The van der Waals surface area contributed by atoms with Crippen molar-refractivity contribution < 1.29 is 9.21 Å². The highest BCUT2D eigenvalue weighted by Gasteiger charge is 2.36. The maximum Gasteiger partial charge on any atom is 0.224 e. The summed E-state index contributed by atoms with van der Waals surface area (Å²) in [5, 5.41) is 3.11. The van der Waals surface area contributed by atoms with Gasteiger partial charge in [0.2, 0.25) is 5.91 Å². The number of nitrogens with zero attached hydrogens (tertiary/aromatic N) is 2. The van der Waals surface area contributed by atoms with Crippen LogP contribution in [0.15, 0.2) is 28.7 Å². The molecule has 2 saturated heterocycles. The van der Waals surface area contributed by atoms with Crippen LogP contribution in [0.4, 0.5) is 0 Å². The van der Waals surface area contributed by atoms with E-state index in [1.165, 1.54) is 19.3 Å². The van der Waals surface area contributed by atoms with Crippen molar-refractivity contribution in [3.8, 4) is 0 Å². The number of para-hydroxylation sites is 2. The monoisotopic (exact) mass is 327 g/mol. The second-order valence-electron chi connectivity index (χ2n) is 6.96. The van der Waals surface area contributed by atoms with Gasteiger partial charge < -0.3 is 9.73 Å². The Morgan fingerprint density at radius 2 is 2.08 bits per heavy atom. The van der Waals surface area contributed by atoms with Crippen molar-refractivity contribution in [1.82, 2.24) is 15.2 Å². The summed E-state index contributed by atoms with van der Waals surface area (Å²) in [7, 11) is 0. The summed E-state index contributed by atoms with van der Waals surface area (Å²) < 4.78 is 5.71. The summed E-state index contributed by atoms with van der Waals surface area (Å²) in [6.45, 7) is 2.92. The first-order valence-corrected chi connectivity index (χ1v) is 9.17. The third-order valence-electron chi connectivity index (χ3n) is 5.40. The lowest BCUT2D eigenvalue weighted by Gasteiger charge is -2.43. The molecule has 1 amide bonds. The molecule has 5 nitrogen and oxygen atoms in total. The van der Waals surface area contributed by atoms with Crippen LogP contribution in [0.25, 0.3) is 11.1 Å². The topological polar surface area (TPSA) is 58.4 Å². The van der Waals surface area contributed by atoms with Gasteiger partial charge in [-0.05, 0) is 50.9 Å². The normalized spacial score (nSPS) is 24.7. The van der Waals surface area contributed by atoms with Crippen LogP contribution in [0, 0.1) is 5.92 Å². The van der Waals surface area contributed by atoms with E-state index in [9.17, 15) is 4.79 Å². The maximum atomic E-state index is 12.6. The molecule has 0 spiro atoms. The van der Waals surface area contributed by atoms with E-state index in [1.54, 1.807) is 0 Å². The van der Waals surface area contributed by atoms with E-state index in [1.807, 2.05) is 24.3 Å².